The van der Waals surface area contributed by atoms with Crippen molar-refractivity contribution in [1.82, 2.24) is 0 Å². The molecule has 0 N–H and O–H groups in total. The molecule has 96 valence electrons. The van der Waals surface area contributed by atoms with Crippen LogP contribution in [0.1, 0.15) is 25.0 Å². The second kappa shape index (κ2) is 5.21. The Kier molecular flexibility index (Phi) is 3.65. The van der Waals surface area contributed by atoms with Crippen molar-refractivity contribution in [1.29, 1.82) is 0 Å². The number of methoxy groups -OCH3 is 1. The molecule has 0 radical (unpaired) electrons. The highest BCUT2D eigenvalue weighted by molar-refractivity contribution is 5.83. The van der Waals surface area contributed by atoms with Gasteiger partial charge in [-0.25, -0.2) is 0 Å². The molecule has 0 spiro atoms. The van der Waals surface area contributed by atoms with Crippen LogP contribution in [0.5, 0.6) is 0 Å². The van der Waals surface area contributed by atoms with E-state index in [1.807, 2.05) is 30.3 Å². The Morgan fingerprint density at radius 1 is 1.39 bits per heavy atom. The number of carbonyl (C=O) groups is 2. The summed E-state index contributed by atoms with van der Waals surface area (Å²) in [6.45, 7) is 1.70. The number of esters is 2. The first kappa shape index (κ1) is 12.6. The number of hydrogen-bond acceptors (Lipinski definition) is 4. The van der Waals surface area contributed by atoms with Gasteiger partial charge in [-0.2, -0.15) is 0 Å². The van der Waals surface area contributed by atoms with E-state index in [0.29, 0.717) is 6.42 Å². The number of benzene rings is 1. The molecule has 0 bridgehead atoms. The van der Waals surface area contributed by atoms with Crippen LogP contribution in [0.15, 0.2) is 30.3 Å². The maximum atomic E-state index is 11.8. The number of rotatable bonds is 3. The molecule has 4 nitrogen and oxygen atoms in total. The molecular formula is C14H16O4. The first-order valence-electron chi connectivity index (χ1n) is 5.96. The Hall–Kier alpha value is -1.84. The zero-order valence-electron chi connectivity index (χ0n) is 10.5. The van der Waals surface area contributed by atoms with E-state index in [1.54, 1.807) is 6.92 Å². The zero-order chi connectivity index (χ0) is 13.1. The van der Waals surface area contributed by atoms with Crippen molar-refractivity contribution in [3.8, 4) is 0 Å². The second-order valence-electron chi connectivity index (χ2n) is 4.49. The molecule has 1 aromatic carbocycles. The Balaban J connectivity index is 2.10. The van der Waals surface area contributed by atoms with Gasteiger partial charge in [-0.05, 0) is 5.56 Å². The van der Waals surface area contributed by atoms with E-state index >= 15 is 0 Å². The van der Waals surface area contributed by atoms with Gasteiger partial charge in [0, 0.05) is 6.42 Å². The summed E-state index contributed by atoms with van der Waals surface area (Å²) in [5, 5.41) is 0. The van der Waals surface area contributed by atoms with Crippen LogP contribution in [-0.4, -0.2) is 19.0 Å². The van der Waals surface area contributed by atoms with Gasteiger partial charge in [0.05, 0.1) is 18.9 Å². The van der Waals surface area contributed by atoms with Crippen LogP contribution in [-0.2, 0) is 19.1 Å². The molecular weight excluding hydrogens is 232 g/mol. The topological polar surface area (TPSA) is 52.6 Å². The summed E-state index contributed by atoms with van der Waals surface area (Å²) in [5.74, 6) is -1.56. The predicted octanol–water partition coefficient (Wildman–Crippen LogP) is 2.10. The highest BCUT2D eigenvalue weighted by Gasteiger charge is 2.41. The van der Waals surface area contributed by atoms with Crippen molar-refractivity contribution in [3.63, 3.8) is 0 Å². The van der Waals surface area contributed by atoms with Gasteiger partial charge in [-0.15, -0.1) is 0 Å². The van der Waals surface area contributed by atoms with Crippen molar-refractivity contribution < 1.29 is 19.1 Å². The molecule has 1 heterocycles. The van der Waals surface area contributed by atoms with Gasteiger partial charge in [0.1, 0.15) is 6.10 Å². The molecule has 4 heteroatoms. The largest absolute Gasteiger partial charge is 0.469 e. The van der Waals surface area contributed by atoms with Crippen molar-refractivity contribution in [2.24, 2.45) is 11.8 Å². The first-order valence-corrected chi connectivity index (χ1v) is 5.96. The van der Waals surface area contributed by atoms with E-state index < -0.39 is 11.8 Å². The lowest BCUT2D eigenvalue weighted by atomic mass is 9.89. The molecule has 1 fully saturated rings. The maximum absolute atomic E-state index is 11.8. The number of cyclic esters (lactones) is 1. The second-order valence-corrected chi connectivity index (χ2v) is 4.49. The van der Waals surface area contributed by atoms with Crippen LogP contribution in [0.3, 0.4) is 0 Å². The van der Waals surface area contributed by atoms with Crippen LogP contribution in [0.4, 0.5) is 0 Å². The highest BCUT2D eigenvalue weighted by Crippen LogP contribution is 2.37. The quantitative estimate of drug-likeness (QED) is 0.769. The Labute approximate surface area is 106 Å². The molecule has 0 saturated carbocycles. The van der Waals surface area contributed by atoms with E-state index in [2.05, 4.69) is 4.74 Å². The summed E-state index contributed by atoms with van der Waals surface area (Å²) >= 11 is 0. The molecule has 1 aliphatic rings. The summed E-state index contributed by atoms with van der Waals surface area (Å²) < 4.78 is 10.00. The van der Waals surface area contributed by atoms with Crippen LogP contribution in [0.2, 0.25) is 0 Å². The third-order valence-electron chi connectivity index (χ3n) is 3.38. The highest BCUT2D eigenvalue weighted by atomic mass is 16.6. The van der Waals surface area contributed by atoms with E-state index in [-0.39, 0.29) is 18.0 Å². The lowest BCUT2D eigenvalue weighted by Gasteiger charge is -2.12. The van der Waals surface area contributed by atoms with Gasteiger partial charge >= 0.3 is 11.9 Å². The first-order chi connectivity index (χ1) is 8.63. The van der Waals surface area contributed by atoms with E-state index in [4.69, 9.17) is 4.74 Å². The van der Waals surface area contributed by atoms with Crippen molar-refractivity contribution >= 4 is 11.9 Å². The van der Waals surface area contributed by atoms with Gasteiger partial charge in [0.15, 0.2) is 0 Å². The summed E-state index contributed by atoms with van der Waals surface area (Å²) in [7, 11) is 1.33. The van der Waals surface area contributed by atoms with Gasteiger partial charge in [0.25, 0.3) is 0 Å². The fourth-order valence-electron chi connectivity index (χ4n) is 2.23. The molecule has 1 aromatic rings. The normalized spacial score (nSPS) is 24.4. The summed E-state index contributed by atoms with van der Waals surface area (Å²) in [5.41, 5.74) is 0.963. The number of hydrogen-bond donors (Lipinski definition) is 0. The van der Waals surface area contributed by atoms with Crippen LogP contribution in [0, 0.1) is 11.8 Å². The third kappa shape index (κ3) is 2.37. The lowest BCUT2D eigenvalue weighted by molar-refractivity contribution is -0.154. The Morgan fingerprint density at radius 2 is 2.06 bits per heavy atom. The maximum Gasteiger partial charge on any atom is 0.310 e. The van der Waals surface area contributed by atoms with Crippen molar-refractivity contribution in [2.75, 3.05) is 7.11 Å². The summed E-state index contributed by atoms with van der Waals surface area (Å²) in [6, 6.07) is 9.56. The van der Waals surface area contributed by atoms with E-state index in [1.165, 1.54) is 7.11 Å². The smallest absolute Gasteiger partial charge is 0.310 e. The van der Waals surface area contributed by atoms with Gasteiger partial charge < -0.3 is 9.47 Å². The zero-order valence-corrected chi connectivity index (χ0v) is 10.5. The van der Waals surface area contributed by atoms with Gasteiger partial charge in [-0.3, -0.25) is 9.59 Å². The minimum absolute atomic E-state index is 0.254. The monoisotopic (exact) mass is 248 g/mol. The van der Waals surface area contributed by atoms with Crippen LogP contribution < -0.4 is 0 Å². The van der Waals surface area contributed by atoms with Gasteiger partial charge in [0.2, 0.25) is 0 Å². The number of carbonyl (C=O) groups excluding carboxylic acids is 2. The molecule has 0 amide bonds. The molecule has 0 aliphatic carbocycles. The van der Waals surface area contributed by atoms with E-state index in [9.17, 15) is 9.59 Å². The van der Waals surface area contributed by atoms with Crippen molar-refractivity contribution in [2.45, 2.75) is 19.4 Å². The minimum atomic E-state index is -0.462. The predicted molar refractivity (Wildman–Crippen MR) is 64.6 cm³/mol. The molecule has 2 rings (SSSR count). The average molecular weight is 248 g/mol. The Bertz CT molecular complexity index is 440. The number of ether oxygens (including phenoxy) is 2. The third-order valence-corrected chi connectivity index (χ3v) is 3.38. The molecule has 1 saturated heterocycles. The van der Waals surface area contributed by atoms with Crippen molar-refractivity contribution in [3.05, 3.63) is 35.9 Å². The standard InChI is InChI=1S/C14H16O4/c1-9(13(15)17-2)11-8-12(18-14(11)16)10-6-4-3-5-7-10/h3-7,9,11-12H,8H2,1-2H3/t9-,11-,12+/m1/s1. The summed E-state index contributed by atoms with van der Waals surface area (Å²) in [6.07, 6.45) is 0.273. The molecule has 18 heavy (non-hydrogen) atoms. The lowest BCUT2D eigenvalue weighted by Crippen LogP contribution is -2.25. The fraction of sp³-hybridized carbons (Fsp3) is 0.429. The Morgan fingerprint density at radius 3 is 2.67 bits per heavy atom. The van der Waals surface area contributed by atoms with E-state index in [0.717, 1.165) is 5.56 Å². The SMILES string of the molecule is COC(=O)[C@H](C)[C@H]1C[C@@H](c2ccccc2)OC1=O. The molecule has 0 aromatic heterocycles. The summed E-state index contributed by atoms with van der Waals surface area (Å²) in [4.78, 5) is 23.2. The average Bonchev–Trinajstić information content (AvgIpc) is 2.80. The van der Waals surface area contributed by atoms with Gasteiger partial charge in [-0.1, -0.05) is 37.3 Å². The van der Waals surface area contributed by atoms with Crippen LogP contribution >= 0.6 is 0 Å². The van der Waals surface area contributed by atoms with Crippen LogP contribution in [0.25, 0.3) is 0 Å². The molecule has 1 aliphatic heterocycles. The molecule has 3 atom stereocenters. The minimum Gasteiger partial charge on any atom is -0.469 e. The molecule has 0 unspecified atom stereocenters. The fourth-order valence-corrected chi connectivity index (χ4v) is 2.23.